The minimum Gasteiger partial charge on any atom is -0.358 e. The number of carbonyl (C=O) groups is 1. The number of amides is 1. The zero-order valence-corrected chi connectivity index (χ0v) is 9.20. The molecular formula is C10H12FN3O3. The lowest BCUT2D eigenvalue weighted by atomic mass is 10.2. The van der Waals surface area contributed by atoms with Crippen LogP contribution in [0.1, 0.15) is 5.56 Å². The smallest absolute Gasteiger partial charge is 0.304 e. The summed E-state index contributed by atoms with van der Waals surface area (Å²) in [6.45, 7) is 0.372. The third-order valence-corrected chi connectivity index (χ3v) is 2.10. The number of carbonyl (C=O) groups excluding carboxylic acids is 1. The Morgan fingerprint density at radius 2 is 2.24 bits per heavy atom. The van der Waals surface area contributed by atoms with Crippen molar-refractivity contribution < 1.29 is 14.1 Å². The van der Waals surface area contributed by atoms with Crippen LogP contribution in [0.5, 0.6) is 0 Å². The molecule has 92 valence electrons. The Bertz CT molecular complexity index is 437. The minimum absolute atomic E-state index is 0.106. The molecule has 0 heterocycles. The predicted molar refractivity (Wildman–Crippen MR) is 58.8 cm³/mol. The molecule has 17 heavy (non-hydrogen) atoms. The number of hydrogen-bond donors (Lipinski definition) is 2. The quantitative estimate of drug-likeness (QED) is 0.583. The van der Waals surface area contributed by atoms with Crippen LogP contribution in [0.25, 0.3) is 0 Å². The molecule has 0 bridgehead atoms. The van der Waals surface area contributed by atoms with Gasteiger partial charge in [0.1, 0.15) is 0 Å². The van der Waals surface area contributed by atoms with Crippen LogP contribution < -0.4 is 10.6 Å². The standard InChI is InChI=1S/C10H12FN3O3/c1-12-10(15)6-13-5-7-2-3-9(14(16)17)8(11)4-7/h2-4,13H,5-6H2,1H3,(H,12,15). The summed E-state index contributed by atoms with van der Waals surface area (Å²) in [7, 11) is 1.51. The van der Waals surface area contributed by atoms with Gasteiger partial charge in [-0.05, 0) is 11.6 Å². The van der Waals surface area contributed by atoms with Crippen LogP contribution in [0.4, 0.5) is 10.1 Å². The average Bonchev–Trinajstić information content (AvgIpc) is 2.28. The van der Waals surface area contributed by atoms with Gasteiger partial charge in [0.15, 0.2) is 0 Å². The second-order valence-corrected chi connectivity index (χ2v) is 3.32. The lowest BCUT2D eigenvalue weighted by Crippen LogP contribution is -2.30. The molecule has 0 aliphatic carbocycles. The van der Waals surface area contributed by atoms with E-state index >= 15 is 0 Å². The van der Waals surface area contributed by atoms with Crippen molar-refractivity contribution in [2.45, 2.75) is 6.54 Å². The Kier molecular flexibility index (Phi) is 4.53. The summed E-state index contributed by atoms with van der Waals surface area (Å²) in [6, 6.07) is 3.62. The maximum Gasteiger partial charge on any atom is 0.304 e. The van der Waals surface area contributed by atoms with Gasteiger partial charge in [0.2, 0.25) is 11.7 Å². The number of nitrogens with one attached hydrogen (secondary N) is 2. The van der Waals surface area contributed by atoms with E-state index in [9.17, 15) is 19.3 Å². The number of nitro groups is 1. The molecule has 1 rings (SSSR count). The number of nitro benzene ring substituents is 1. The van der Waals surface area contributed by atoms with Gasteiger partial charge in [-0.1, -0.05) is 6.07 Å². The largest absolute Gasteiger partial charge is 0.358 e. The molecule has 0 radical (unpaired) electrons. The highest BCUT2D eigenvalue weighted by Crippen LogP contribution is 2.17. The summed E-state index contributed by atoms with van der Waals surface area (Å²) in [6.07, 6.45) is 0. The number of halogens is 1. The Labute approximate surface area is 97.0 Å². The van der Waals surface area contributed by atoms with Gasteiger partial charge in [0, 0.05) is 19.7 Å². The molecule has 1 amide bonds. The summed E-state index contributed by atoms with van der Waals surface area (Å²) in [5.41, 5.74) is -0.0166. The first kappa shape index (κ1) is 13.0. The van der Waals surface area contributed by atoms with Crippen molar-refractivity contribution in [1.29, 1.82) is 0 Å². The van der Waals surface area contributed by atoms with Gasteiger partial charge in [-0.3, -0.25) is 14.9 Å². The van der Waals surface area contributed by atoms with E-state index in [-0.39, 0.29) is 19.0 Å². The van der Waals surface area contributed by atoms with Crippen LogP contribution >= 0.6 is 0 Å². The molecule has 0 saturated heterocycles. The highest BCUT2D eigenvalue weighted by Gasteiger charge is 2.13. The minimum atomic E-state index is -0.880. The van der Waals surface area contributed by atoms with Crippen molar-refractivity contribution >= 4 is 11.6 Å². The third-order valence-electron chi connectivity index (χ3n) is 2.10. The zero-order valence-electron chi connectivity index (χ0n) is 9.20. The van der Waals surface area contributed by atoms with E-state index in [1.54, 1.807) is 0 Å². The Morgan fingerprint density at radius 1 is 1.53 bits per heavy atom. The molecule has 1 aromatic carbocycles. The maximum atomic E-state index is 13.2. The van der Waals surface area contributed by atoms with E-state index in [0.717, 1.165) is 12.1 Å². The summed E-state index contributed by atoms with van der Waals surface area (Å²) < 4.78 is 13.2. The predicted octanol–water partition coefficient (Wildman–Crippen LogP) is 0.569. The van der Waals surface area contributed by atoms with Crippen LogP contribution in [0.3, 0.4) is 0 Å². The lowest BCUT2D eigenvalue weighted by Gasteiger charge is -2.04. The highest BCUT2D eigenvalue weighted by atomic mass is 19.1. The third kappa shape index (κ3) is 3.80. The van der Waals surface area contributed by atoms with E-state index in [4.69, 9.17) is 0 Å². The van der Waals surface area contributed by atoms with Crippen LogP contribution in [-0.4, -0.2) is 24.4 Å². The summed E-state index contributed by atoms with van der Waals surface area (Å²) in [5, 5.41) is 15.6. The van der Waals surface area contributed by atoms with Gasteiger partial charge < -0.3 is 10.6 Å². The molecule has 0 aliphatic rings. The fourth-order valence-corrected chi connectivity index (χ4v) is 1.22. The molecule has 0 fully saturated rings. The molecule has 7 heteroatoms. The number of hydrogen-bond acceptors (Lipinski definition) is 4. The molecule has 0 spiro atoms. The van der Waals surface area contributed by atoms with Gasteiger partial charge in [0.25, 0.3) is 0 Å². The van der Waals surface area contributed by atoms with Crippen molar-refractivity contribution in [2.24, 2.45) is 0 Å². The van der Waals surface area contributed by atoms with Gasteiger partial charge in [0.05, 0.1) is 11.5 Å². The van der Waals surface area contributed by atoms with Crippen molar-refractivity contribution in [1.82, 2.24) is 10.6 Å². The fraction of sp³-hybridized carbons (Fsp3) is 0.300. The Morgan fingerprint density at radius 3 is 2.76 bits per heavy atom. The molecule has 0 unspecified atom stereocenters. The van der Waals surface area contributed by atoms with E-state index in [1.807, 2.05) is 0 Å². The summed E-state index contributed by atoms with van der Waals surface area (Å²) >= 11 is 0. The van der Waals surface area contributed by atoms with Gasteiger partial charge >= 0.3 is 5.69 Å². The molecular weight excluding hydrogens is 229 g/mol. The molecule has 6 nitrogen and oxygen atoms in total. The zero-order chi connectivity index (χ0) is 12.8. The summed E-state index contributed by atoms with van der Waals surface area (Å²) in [5.74, 6) is -1.07. The van der Waals surface area contributed by atoms with E-state index in [2.05, 4.69) is 10.6 Å². The second-order valence-electron chi connectivity index (χ2n) is 3.32. The van der Waals surface area contributed by atoms with Gasteiger partial charge in [-0.15, -0.1) is 0 Å². The van der Waals surface area contributed by atoms with E-state index < -0.39 is 16.4 Å². The summed E-state index contributed by atoms with van der Waals surface area (Å²) in [4.78, 5) is 20.5. The van der Waals surface area contributed by atoms with Crippen molar-refractivity contribution in [3.8, 4) is 0 Å². The maximum absolute atomic E-state index is 13.2. The molecule has 1 aromatic rings. The Balaban J connectivity index is 2.59. The van der Waals surface area contributed by atoms with E-state index in [1.165, 1.54) is 13.1 Å². The van der Waals surface area contributed by atoms with Crippen LogP contribution in [0.15, 0.2) is 18.2 Å². The first-order valence-electron chi connectivity index (χ1n) is 4.88. The fourth-order valence-electron chi connectivity index (χ4n) is 1.22. The monoisotopic (exact) mass is 241 g/mol. The number of rotatable bonds is 5. The highest BCUT2D eigenvalue weighted by molar-refractivity contribution is 5.77. The molecule has 0 aromatic heterocycles. The molecule has 0 saturated carbocycles. The first-order valence-corrected chi connectivity index (χ1v) is 4.88. The van der Waals surface area contributed by atoms with E-state index in [0.29, 0.717) is 5.56 Å². The first-order chi connectivity index (χ1) is 8.04. The van der Waals surface area contributed by atoms with Crippen LogP contribution in [0.2, 0.25) is 0 Å². The second kappa shape index (κ2) is 5.90. The van der Waals surface area contributed by atoms with Crippen molar-refractivity contribution in [3.05, 3.63) is 39.7 Å². The number of nitrogens with zero attached hydrogens (tertiary/aromatic N) is 1. The van der Waals surface area contributed by atoms with Crippen LogP contribution in [-0.2, 0) is 11.3 Å². The number of benzene rings is 1. The lowest BCUT2D eigenvalue weighted by molar-refractivity contribution is -0.387. The molecule has 0 aliphatic heterocycles. The van der Waals surface area contributed by atoms with Crippen molar-refractivity contribution in [3.63, 3.8) is 0 Å². The number of likely N-dealkylation sites (N-methyl/N-ethyl adjacent to an activating group) is 1. The average molecular weight is 241 g/mol. The van der Waals surface area contributed by atoms with Crippen LogP contribution in [0, 0.1) is 15.9 Å². The van der Waals surface area contributed by atoms with Crippen molar-refractivity contribution in [2.75, 3.05) is 13.6 Å². The topological polar surface area (TPSA) is 84.3 Å². The Hall–Kier alpha value is -2.02. The normalized spacial score (nSPS) is 10.0. The van der Waals surface area contributed by atoms with Gasteiger partial charge in [-0.25, -0.2) is 0 Å². The molecule has 2 N–H and O–H groups in total. The molecule has 0 atom stereocenters. The van der Waals surface area contributed by atoms with Gasteiger partial charge in [-0.2, -0.15) is 4.39 Å². The SMILES string of the molecule is CNC(=O)CNCc1ccc([N+](=O)[O-])c(F)c1.